The second-order valence-electron chi connectivity index (χ2n) is 11.2. The highest BCUT2D eigenvalue weighted by molar-refractivity contribution is 5.98. The minimum atomic E-state index is -0.190. The number of rotatable bonds is 6. The highest BCUT2D eigenvalue weighted by Crippen LogP contribution is 2.48. The molecule has 2 atom stereocenters. The third-order valence-electron chi connectivity index (χ3n) is 8.53. The van der Waals surface area contributed by atoms with Gasteiger partial charge in [0, 0.05) is 61.0 Å². The van der Waals surface area contributed by atoms with Gasteiger partial charge in [-0.05, 0) is 85.3 Å². The number of amides is 2. The first-order valence-electron chi connectivity index (χ1n) is 13.2. The molecule has 3 aromatic rings. The molecule has 3 fully saturated rings. The van der Waals surface area contributed by atoms with Crippen molar-refractivity contribution < 1.29 is 14.0 Å². The third-order valence-corrected chi connectivity index (χ3v) is 8.53. The molecule has 10 heteroatoms. The van der Waals surface area contributed by atoms with Crippen molar-refractivity contribution in [2.45, 2.75) is 51.1 Å². The van der Waals surface area contributed by atoms with Gasteiger partial charge in [-0.3, -0.25) is 9.69 Å². The number of hydrogen-bond donors (Lipinski definition) is 1. The van der Waals surface area contributed by atoms with Crippen LogP contribution in [0.5, 0.6) is 0 Å². The number of hydrogen-bond acceptors (Lipinski definition) is 6. The number of carbonyl (C=O) groups excluding carboxylic acids is 2. The number of Topliss-reactive ketones (excluding diaryl/α,β-unsaturated/α-hetero) is 1. The molecule has 3 aliphatic rings. The van der Waals surface area contributed by atoms with Crippen molar-refractivity contribution in [1.29, 1.82) is 0 Å². The van der Waals surface area contributed by atoms with Gasteiger partial charge >= 0.3 is 6.03 Å². The van der Waals surface area contributed by atoms with E-state index in [1.165, 1.54) is 23.6 Å². The van der Waals surface area contributed by atoms with Gasteiger partial charge in [0.15, 0.2) is 11.6 Å². The lowest BCUT2D eigenvalue weighted by molar-refractivity contribution is 0.00899. The van der Waals surface area contributed by atoms with Crippen molar-refractivity contribution in [2.24, 2.45) is 12.5 Å². The second-order valence-corrected chi connectivity index (χ2v) is 11.2. The fraction of sp³-hybridized carbons (Fsp3) is 0.464. The van der Waals surface area contributed by atoms with Gasteiger partial charge in [-0.25, -0.2) is 13.9 Å². The van der Waals surface area contributed by atoms with Crippen LogP contribution in [0.3, 0.4) is 0 Å². The number of tetrazole rings is 1. The van der Waals surface area contributed by atoms with E-state index in [0.29, 0.717) is 34.7 Å². The van der Waals surface area contributed by atoms with Crippen LogP contribution in [0, 0.1) is 11.2 Å². The summed E-state index contributed by atoms with van der Waals surface area (Å²) in [5, 5.41) is 14.6. The topological polar surface area (TPSA) is 96.2 Å². The average Bonchev–Trinajstić information content (AvgIpc) is 3.48. The fourth-order valence-corrected chi connectivity index (χ4v) is 6.42. The lowest BCUT2D eigenvalue weighted by atomic mass is 9.78. The number of carbonyl (C=O) groups is 2. The monoisotopic (exact) mass is 517 g/mol. The molecule has 1 saturated carbocycles. The SMILES string of the molecule is CC(=O)c1cc(NC(=O)N2CC3(CCC(N4CCC4Cc4ccc(F)cc4)C3)C2)cc(-c2nnnn2C)c1. The maximum atomic E-state index is 13.3. The Kier molecular flexibility index (Phi) is 6.22. The molecule has 3 heterocycles. The number of ketones is 1. The maximum Gasteiger partial charge on any atom is 0.321 e. The van der Waals surface area contributed by atoms with Gasteiger partial charge in [0.2, 0.25) is 0 Å². The van der Waals surface area contributed by atoms with E-state index in [2.05, 4.69) is 25.7 Å². The quantitative estimate of drug-likeness (QED) is 0.498. The molecule has 2 saturated heterocycles. The summed E-state index contributed by atoms with van der Waals surface area (Å²) >= 11 is 0. The molecule has 2 amide bonds. The molecule has 0 radical (unpaired) electrons. The van der Waals surface area contributed by atoms with Gasteiger partial charge in [-0.2, -0.15) is 0 Å². The summed E-state index contributed by atoms with van der Waals surface area (Å²) in [6.45, 7) is 4.11. The zero-order chi connectivity index (χ0) is 26.4. The molecule has 198 valence electrons. The van der Waals surface area contributed by atoms with E-state index in [0.717, 1.165) is 45.3 Å². The maximum absolute atomic E-state index is 13.3. The van der Waals surface area contributed by atoms with E-state index in [9.17, 15) is 14.0 Å². The van der Waals surface area contributed by atoms with Crippen molar-refractivity contribution in [2.75, 3.05) is 25.0 Å². The highest BCUT2D eigenvalue weighted by Gasteiger charge is 2.52. The molecule has 38 heavy (non-hydrogen) atoms. The van der Waals surface area contributed by atoms with E-state index in [1.807, 2.05) is 17.0 Å². The number of likely N-dealkylation sites (tertiary alicyclic amines) is 2. The minimum absolute atomic E-state index is 0.0962. The van der Waals surface area contributed by atoms with Crippen LogP contribution in [0.15, 0.2) is 42.5 Å². The van der Waals surface area contributed by atoms with Crippen molar-refractivity contribution in [3.8, 4) is 11.4 Å². The Bertz CT molecular complexity index is 1370. The Balaban J connectivity index is 1.06. The summed E-state index contributed by atoms with van der Waals surface area (Å²) in [7, 11) is 1.73. The molecule has 1 N–H and O–H groups in total. The van der Waals surface area contributed by atoms with Gasteiger partial charge in [0.25, 0.3) is 0 Å². The molecule has 2 unspecified atom stereocenters. The molecule has 6 rings (SSSR count). The minimum Gasteiger partial charge on any atom is -0.323 e. The average molecular weight is 518 g/mol. The van der Waals surface area contributed by atoms with Crippen molar-refractivity contribution in [3.05, 3.63) is 59.4 Å². The Morgan fingerprint density at radius 3 is 2.58 bits per heavy atom. The first-order chi connectivity index (χ1) is 18.3. The van der Waals surface area contributed by atoms with Crippen LogP contribution >= 0.6 is 0 Å². The summed E-state index contributed by atoms with van der Waals surface area (Å²) in [4.78, 5) is 29.7. The van der Waals surface area contributed by atoms with Crippen LogP contribution in [0.25, 0.3) is 11.4 Å². The number of nitrogens with one attached hydrogen (secondary N) is 1. The van der Waals surface area contributed by atoms with Crippen LogP contribution in [0.4, 0.5) is 14.9 Å². The van der Waals surface area contributed by atoms with Crippen molar-refractivity contribution in [1.82, 2.24) is 30.0 Å². The van der Waals surface area contributed by atoms with Crippen LogP contribution < -0.4 is 5.32 Å². The van der Waals surface area contributed by atoms with E-state index in [4.69, 9.17) is 0 Å². The molecule has 2 aromatic carbocycles. The summed E-state index contributed by atoms with van der Waals surface area (Å²) in [5.74, 6) is 0.235. The molecule has 2 aliphatic heterocycles. The van der Waals surface area contributed by atoms with Crippen LogP contribution in [0.2, 0.25) is 0 Å². The smallest absolute Gasteiger partial charge is 0.321 e. The number of anilines is 1. The Labute approximate surface area is 221 Å². The second kappa shape index (κ2) is 9.58. The largest absolute Gasteiger partial charge is 0.323 e. The molecule has 1 spiro atoms. The predicted molar refractivity (Wildman–Crippen MR) is 140 cm³/mol. The molecule has 1 aromatic heterocycles. The van der Waals surface area contributed by atoms with E-state index in [1.54, 1.807) is 37.4 Å². The van der Waals surface area contributed by atoms with Crippen molar-refractivity contribution in [3.63, 3.8) is 0 Å². The van der Waals surface area contributed by atoms with Gasteiger partial charge in [0.05, 0.1) is 0 Å². The van der Waals surface area contributed by atoms with Gasteiger partial charge in [-0.15, -0.1) is 5.10 Å². The fourth-order valence-electron chi connectivity index (χ4n) is 6.42. The third kappa shape index (κ3) is 4.69. The number of urea groups is 1. The molecular weight excluding hydrogens is 485 g/mol. The number of benzene rings is 2. The lowest BCUT2D eigenvalue weighted by Gasteiger charge is -2.50. The van der Waals surface area contributed by atoms with E-state index in [-0.39, 0.29) is 23.0 Å². The number of halogens is 1. The van der Waals surface area contributed by atoms with E-state index >= 15 is 0 Å². The Morgan fingerprint density at radius 2 is 1.92 bits per heavy atom. The van der Waals surface area contributed by atoms with Gasteiger partial charge in [0.1, 0.15) is 5.82 Å². The Morgan fingerprint density at radius 1 is 1.13 bits per heavy atom. The van der Waals surface area contributed by atoms with Crippen molar-refractivity contribution >= 4 is 17.5 Å². The first kappa shape index (κ1) is 24.7. The van der Waals surface area contributed by atoms with Gasteiger partial charge in [-0.1, -0.05) is 12.1 Å². The number of nitrogens with zero attached hydrogens (tertiary/aromatic N) is 6. The summed E-state index contributed by atoms with van der Waals surface area (Å²) < 4.78 is 14.8. The summed E-state index contributed by atoms with van der Waals surface area (Å²) in [6, 6.07) is 13.0. The zero-order valence-electron chi connectivity index (χ0n) is 21.7. The first-order valence-corrected chi connectivity index (χ1v) is 13.2. The standard InChI is InChI=1S/C28H32FN7O2/c1-18(37)20-12-21(26-31-32-33-34(26)2)14-23(13-20)30-27(38)35-16-28(17-35)9-7-25(15-28)36-10-8-24(36)11-19-3-5-22(29)6-4-19/h3-6,12-14,24-25H,7-11,15-17H2,1-2H3,(H,30,38). The lowest BCUT2D eigenvalue weighted by Crippen LogP contribution is -2.60. The van der Waals surface area contributed by atoms with Crippen LogP contribution in [0.1, 0.15) is 48.5 Å². The normalized spacial score (nSPS) is 22.2. The molecule has 9 nitrogen and oxygen atoms in total. The summed E-state index contributed by atoms with van der Waals surface area (Å²) in [5.41, 5.74) is 3.09. The molecular formula is C28H32FN7O2. The number of aromatic nitrogens is 4. The number of aryl methyl sites for hydroxylation is 1. The molecule has 0 bridgehead atoms. The zero-order valence-corrected chi connectivity index (χ0v) is 21.7. The molecule has 1 aliphatic carbocycles. The highest BCUT2D eigenvalue weighted by atomic mass is 19.1. The summed E-state index contributed by atoms with van der Waals surface area (Å²) in [6.07, 6.45) is 5.54. The van der Waals surface area contributed by atoms with Crippen LogP contribution in [-0.4, -0.2) is 73.5 Å². The Hall–Kier alpha value is -3.66. The van der Waals surface area contributed by atoms with E-state index < -0.39 is 0 Å². The predicted octanol–water partition coefficient (Wildman–Crippen LogP) is 3.92. The van der Waals surface area contributed by atoms with Crippen LogP contribution in [-0.2, 0) is 13.5 Å². The van der Waals surface area contributed by atoms with Gasteiger partial charge < -0.3 is 10.2 Å².